The van der Waals surface area contributed by atoms with Crippen molar-refractivity contribution in [1.29, 1.82) is 0 Å². The lowest BCUT2D eigenvalue weighted by Crippen LogP contribution is -2.27. The second-order valence-corrected chi connectivity index (χ2v) is 4.55. The van der Waals surface area contributed by atoms with E-state index in [1.807, 2.05) is 12.1 Å². The molecule has 0 aromatic heterocycles. The molecule has 1 N–H and O–H groups in total. The number of nitrogens with zero attached hydrogens (tertiary/aromatic N) is 1. The molecular formula is C12H14BrNO. The number of aliphatic hydroxyl groups is 1. The third-order valence-electron chi connectivity index (χ3n) is 2.62. The lowest BCUT2D eigenvalue weighted by Gasteiger charge is -2.27. The first kappa shape index (κ1) is 10.7. The number of aliphatic hydroxyl groups excluding tert-OH is 1. The summed E-state index contributed by atoms with van der Waals surface area (Å²) >= 11 is 3.47. The molecule has 2 rings (SSSR count). The highest BCUT2D eigenvalue weighted by molar-refractivity contribution is 9.10. The molecule has 0 saturated heterocycles. The molecule has 0 atom stereocenters. The van der Waals surface area contributed by atoms with Crippen molar-refractivity contribution in [2.75, 3.05) is 18.0 Å². The highest BCUT2D eigenvalue weighted by Crippen LogP contribution is 2.26. The molecule has 2 nitrogen and oxygen atoms in total. The van der Waals surface area contributed by atoms with Crippen LogP contribution < -0.4 is 4.90 Å². The average molecular weight is 268 g/mol. The minimum absolute atomic E-state index is 0.100. The van der Waals surface area contributed by atoms with E-state index in [2.05, 4.69) is 39.0 Å². The van der Waals surface area contributed by atoms with E-state index in [9.17, 15) is 5.11 Å². The number of hydrogen-bond donors (Lipinski definition) is 1. The predicted octanol–water partition coefficient (Wildman–Crippen LogP) is 2.71. The van der Waals surface area contributed by atoms with Crippen LogP contribution >= 0.6 is 15.9 Å². The van der Waals surface area contributed by atoms with Crippen LogP contribution in [0.3, 0.4) is 0 Å². The van der Waals surface area contributed by atoms with Crippen molar-refractivity contribution in [3.8, 4) is 0 Å². The number of rotatable bonds is 2. The summed E-state index contributed by atoms with van der Waals surface area (Å²) in [7, 11) is 0. The molecule has 15 heavy (non-hydrogen) atoms. The molecule has 1 aromatic rings. The van der Waals surface area contributed by atoms with Gasteiger partial charge < -0.3 is 10.0 Å². The van der Waals surface area contributed by atoms with Gasteiger partial charge in [0.25, 0.3) is 0 Å². The van der Waals surface area contributed by atoms with E-state index in [0.717, 1.165) is 35.2 Å². The molecular weight excluding hydrogens is 254 g/mol. The largest absolute Gasteiger partial charge is 0.392 e. The van der Waals surface area contributed by atoms with Crippen molar-refractivity contribution in [1.82, 2.24) is 0 Å². The zero-order chi connectivity index (χ0) is 10.7. The Morgan fingerprint density at radius 1 is 1.33 bits per heavy atom. The zero-order valence-corrected chi connectivity index (χ0v) is 10.1. The Labute approximate surface area is 98.3 Å². The molecule has 0 saturated carbocycles. The van der Waals surface area contributed by atoms with E-state index in [4.69, 9.17) is 0 Å². The SMILES string of the molecule is OCc1ccc(Br)cc1N1CC=CCC1. The van der Waals surface area contributed by atoms with Gasteiger partial charge >= 0.3 is 0 Å². The van der Waals surface area contributed by atoms with Crippen molar-refractivity contribution in [2.45, 2.75) is 13.0 Å². The van der Waals surface area contributed by atoms with Crippen LogP contribution in [0.15, 0.2) is 34.8 Å². The normalized spacial score (nSPS) is 15.7. The molecule has 0 aliphatic carbocycles. The topological polar surface area (TPSA) is 23.5 Å². The fraction of sp³-hybridized carbons (Fsp3) is 0.333. The van der Waals surface area contributed by atoms with Gasteiger partial charge in [0.05, 0.1) is 6.61 Å². The molecule has 1 heterocycles. The summed E-state index contributed by atoms with van der Waals surface area (Å²) in [6.45, 7) is 2.06. The molecule has 0 amide bonds. The van der Waals surface area contributed by atoms with Crippen LogP contribution in [-0.2, 0) is 6.61 Å². The number of hydrogen-bond acceptors (Lipinski definition) is 2. The summed E-state index contributed by atoms with van der Waals surface area (Å²) in [4.78, 5) is 2.29. The van der Waals surface area contributed by atoms with Crippen LogP contribution in [0, 0.1) is 0 Å². The molecule has 0 radical (unpaired) electrons. The van der Waals surface area contributed by atoms with Crippen LogP contribution in [0.5, 0.6) is 0 Å². The van der Waals surface area contributed by atoms with Crippen LogP contribution in [-0.4, -0.2) is 18.2 Å². The first-order valence-electron chi connectivity index (χ1n) is 5.10. The van der Waals surface area contributed by atoms with Crippen LogP contribution in [0.25, 0.3) is 0 Å². The van der Waals surface area contributed by atoms with Gasteiger partial charge in [-0.2, -0.15) is 0 Å². The maximum Gasteiger partial charge on any atom is 0.0702 e. The Morgan fingerprint density at radius 2 is 2.20 bits per heavy atom. The Balaban J connectivity index is 2.32. The molecule has 1 aliphatic heterocycles. The second kappa shape index (κ2) is 4.81. The standard InChI is InChI=1S/C12H14BrNO/c13-11-5-4-10(9-15)12(8-11)14-6-2-1-3-7-14/h1-2,4-5,8,15H,3,6-7,9H2. The van der Waals surface area contributed by atoms with Gasteiger partial charge in [-0.05, 0) is 18.6 Å². The fourth-order valence-corrected chi connectivity index (χ4v) is 2.17. The van der Waals surface area contributed by atoms with Gasteiger partial charge in [0, 0.05) is 28.8 Å². The maximum atomic E-state index is 9.28. The molecule has 0 fully saturated rings. The van der Waals surface area contributed by atoms with E-state index in [0.29, 0.717) is 0 Å². The maximum absolute atomic E-state index is 9.28. The smallest absolute Gasteiger partial charge is 0.0702 e. The summed E-state index contributed by atoms with van der Waals surface area (Å²) in [5.74, 6) is 0. The monoisotopic (exact) mass is 267 g/mol. The van der Waals surface area contributed by atoms with Gasteiger partial charge in [-0.3, -0.25) is 0 Å². The highest BCUT2D eigenvalue weighted by atomic mass is 79.9. The third-order valence-corrected chi connectivity index (χ3v) is 3.11. The molecule has 0 bridgehead atoms. The Morgan fingerprint density at radius 3 is 2.87 bits per heavy atom. The number of halogens is 1. The van der Waals surface area contributed by atoms with Gasteiger partial charge in [0.15, 0.2) is 0 Å². The fourth-order valence-electron chi connectivity index (χ4n) is 1.83. The first-order chi connectivity index (χ1) is 7.31. The van der Waals surface area contributed by atoms with Crippen LogP contribution in [0.1, 0.15) is 12.0 Å². The minimum Gasteiger partial charge on any atom is -0.392 e. The molecule has 1 aliphatic rings. The predicted molar refractivity (Wildman–Crippen MR) is 66.0 cm³/mol. The van der Waals surface area contributed by atoms with Crippen molar-refractivity contribution in [2.24, 2.45) is 0 Å². The van der Waals surface area contributed by atoms with Crippen LogP contribution in [0.4, 0.5) is 5.69 Å². The van der Waals surface area contributed by atoms with Crippen LogP contribution in [0.2, 0.25) is 0 Å². The van der Waals surface area contributed by atoms with Gasteiger partial charge in [0.2, 0.25) is 0 Å². The Kier molecular flexibility index (Phi) is 3.44. The summed E-state index contributed by atoms with van der Waals surface area (Å²) in [6.07, 6.45) is 5.45. The van der Waals surface area contributed by atoms with Gasteiger partial charge in [-0.15, -0.1) is 0 Å². The Bertz CT molecular complexity index is 376. The average Bonchev–Trinajstić information content (AvgIpc) is 2.30. The lowest BCUT2D eigenvalue weighted by molar-refractivity contribution is 0.282. The van der Waals surface area contributed by atoms with E-state index >= 15 is 0 Å². The van der Waals surface area contributed by atoms with Crippen molar-refractivity contribution in [3.63, 3.8) is 0 Å². The van der Waals surface area contributed by atoms with Crippen molar-refractivity contribution >= 4 is 21.6 Å². The molecule has 80 valence electrons. The van der Waals surface area contributed by atoms with Crippen molar-refractivity contribution in [3.05, 3.63) is 40.4 Å². The first-order valence-corrected chi connectivity index (χ1v) is 5.90. The summed E-state index contributed by atoms with van der Waals surface area (Å²) in [5, 5.41) is 9.28. The summed E-state index contributed by atoms with van der Waals surface area (Å²) in [6, 6.07) is 6.01. The molecule has 3 heteroatoms. The van der Waals surface area contributed by atoms with E-state index < -0.39 is 0 Å². The van der Waals surface area contributed by atoms with Gasteiger partial charge in [-0.1, -0.05) is 34.1 Å². The number of anilines is 1. The lowest BCUT2D eigenvalue weighted by atomic mass is 10.1. The van der Waals surface area contributed by atoms with Crippen molar-refractivity contribution < 1.29 is 5.11 Å². The quantitative estimate of drug-likeness (QED) is 0.834. The second-order valence-electron chi connectivity index (χ2n) is 3.64. The van der Waals surface area contributed by atoms with Gasteiger partial charge in [0.1, 0.15) is 0 Å². The minimum atomic E-state index is 0.100. The highest BCUT2D eigenvalue weighted by Gasteiger charge is 2.11. The third kappa shape index (κ3) is 2.41. The van der Waals surface area contributed by atoms with E-state index in [1.54, 1.807) is 0 Å². The Hall–Kier alpha value is -0.800. The molecule has 1 aromatic carbocycles. The number of benzene rings is 1. The summed E-state index contributed by atoms with van der Waals surface area (Å²) < 4.78 is 1.06. The molecule has 0 spiro atoms. The zero-order valence-electron chi connectivity index (χ0n) is 8.49. The van der Waals surface area contributed by atoms with E-state index in [1.165, 1.54) is 0 Å². The van der Waals surface area contributed by atoms with Gasteiger partial charge in [-0.25, -0.2) is 0 Å². The molecule has 0 unspecified atom stereocenters. The van der Waals surface area contributed by atoms with E-state index in [-0.39, 0.29) is 6.61 Å². The summed E-state index contributed by atoms with van der Waals surface area (Å²) in [5.41, 5.74) is 2.13.